The third-order valence-corrected chi connectivity index (χ3v) is 4.18. The zero-order valence-electron chi connectivity index (χ0n) is 13.1. The van der Waals surface area contributed by atoms with Gasteiger partial charge in [0.1, 0.15) is 0 Å². The molecule has 112 valence electrons. The van der Waals surface area contributed by atoms with Gasteiger partial charge in [-0.15, -0.1) is 0 Å². The summed E-state index contributed by atoms with van der Waals surface area (Å²) in [4.78, 5) is 14.8. The lowest BCUT2D eigenvalue weighted by molar-refractivity contribution is -0.137. The van der Waals surface area contributed by atoms with Crippen LogP contribution in [0.4, 0.5) is 0 Å². The van der Waals surface area contributed by atoms with Crippen LogP contribution in [0.1, 0.15) is 65.7 Å². The summed E-state index contributed by atoms with van der Waals surface area (Å²) in [6.07, 6.45) is 8.23. The van der Waals surface area contributed by atoms with Crippen molar-refractivity contribution in [2.45, 2.75) is 65.7 Å². The molecule has 0 aromatic heterocycles. The van der Waals surface area contributed by atoms with Gasteiger partial charge in [0.2, 0.25) is 5.91 Å². The smallest absolute Gasteiger partial charge is 0.225 e. The molecular weight excluding hydrogens is 236 g/mol. The molecule has 1 fully saturated rings. The van der Waals surface area contributed by atoms with E-state index in [1.165, 1.54) is 25.7 Å². The van der Waals surface area contributed by atoms with Gasteiger partial charge in [0.25, 0.3) is 0 Å². The summed E-state index contributed by atoms with van der Waals surface area (Å²) in [7, 11) is 0. The summed E-state index contributed by atoms with van der Waals surface area (Å²) < 4.78 is 0. The predicted octanol–water partition coefficient (Wildman–Crippen LogP) is 3.18. The van der Waals surface area contributed by atoms with Crippen LogP contribution in [-0.2, 0) is 4.79 Å². The van der Waals surface area contributed by atoms with Gasteiger partial charge < -0.3 is 10.6 Å². The molecular formula is C16H32N2O. The Morgan fingerprint density at radius 2 is 1.79 bits per heavy atom. The van der Waals surface area contributed by atoms with Crippen molar-refractivity contribution in [1.82, 2.24) is 4.90 Å². The first kappa shape index (κ1) is 16.5. The van der Waals surface area contributed by atoms with Crippen LogP contribution in [0.2, 0.25) is 0 Å². The Kier molecular flexibility index (Phi) is 6.84. The molecule has 1 aliphatic rings. The molecule has 1 saturated carbocycles. The summed E-state index contributed by atoms with van der Waals surface area (Å²) >= 11 is 0. The maximum absolute atomic E-state index is 12.7. The summed E-state index contributed by atoms with van der Waals surface area (Å²) in [6.45, 7) is 8.74. The second-order valence-corrected chi connectivity index (χ2v) is 6.82. The second-order valence-electron chi connectivity index (χ2n) is 6.82. The lowest BCUT2D eigenvalue weighted by atomic mass is 9.91. The molecule has 0 aromatic rings. The Balaban J connectivity index is 2.65. The van der Waals surface area contributed by atoms with Crippen molar-refractivity contribution in [2.24, 2.45) is 17.1 Å². The van der Waals surface area contributed by atoms with Crippen molar-refractivity contribution in [3.8, 4) is 0 Å². The van der Waals surface area contributed by atoms with Gasteiger partial charge in [-0.25, -0.2) is 0 Å². The van der Waals surface area contributed by atoms with Crippen molar-refractivity contribution >= 4 is 5.91 Å². The first-order valence-corrected chi connectivity index (χ1v) is 7.99. The van der Waals surface area contributed by atoms with Crippen molar-refractivity contribution < 1.29 is 4.79 Å². The van der Waals surface area contributed by atoms with Crippen molar-refractivity contribution in [3.05, 3.63) is 0 Å². The molecule has 1 amide bonds. The molecule has 0 bridgehead atoms. The first-order chi connectivity index (χ1) is 9.00. The van der Waals surface area contributed by atoms with E-state index in [1.807, 2.05) is 0 Å². The van der Waals surface area contributed by atoms with E-state index in [-0.39, 0.29) is 11.3 Å². The van der Waals surface area contributed by atoms with Crippen molar-refractivity contribution in [1.29, 1.82) is 0 Å². The van der Waals surface area contributed by atoms with Crippen LogP contribution in [0.3, 0.4) is 0 Å². The minimum atomic E-state index is 0.0234. The zero-order valence-corrected chi connectivity index (χ0v) is 13.1. The molecule has 0 spiro atoms. The fourth-order valence-electron chi connectivity index (χ4n) is 2.90. The van der Waals surface area contributed by atoms with E-state index in [4.69, 9.17) is 5.73 Å². The molecule has 1 rings (SSSR count). The van der Waals surface area contributed by atoms with Gasteiger partial charge in [-0.2, -0.15) is 0 Å². The Morgan fingerprint density at radius 3 is 2.26 bits per heavy atom. The van der Waals surface area contributed by atoms with Gasteiger partial charge in [0, 0.05) is 19.0 Å². The highest BCUT2D eigenvalue weighted by atomic mass is 16.2. The normalized spacial score (nSPS) is 18.1. The molecule has 0 heterocycles. The molecule has 3 heteroatoms. The van der Waals surface area contributed by atoms with E-state index in [0.29, 0.717) is 12.5 Å². The second kappa shape index (κ2) is 7.88. The molecule has 19 heavy (non-hydrogen) atoms. The largest absolute Gasteiger partial charge is 0.342 e. The average Bonchev–Trinajstić information content (AvgIpc) is 2.66. The Bertz CT molecular complexity index is 268. The molecule has 0 unspecified atom stereocenters. The number of nitrogens with two attached hydrogens (primary N) is 1. The summed E-state index contributed by atoms with van der Waals surface area (Å²) in [5, 5.41) is 0. The van der Waals surface area contributed by atoms with E-state index in [1.54, 1.807) is 0 Å². The highest BCUT2D eigenvalue weighted by Crippen LogP contribution is 2.26. The Labute approximate surface area is 118 Å². The van der Waals surface area contributed by atoms with Crippen LogP contribution in [0.15, 0.2) is 0 Å². The molecule has 1 aliphatic carbocycles. The lowest BCUT2D eigenvalue weighted by Crippen LogP contribution is -2.44. The number of hydrogen-bond acceptors (Lipinski definition) is 2. The fourth-order valence-corrected chi connectivity index (χ4v) is 2.90. The van der Waals surface area contributed by atoms with Crippen LogP contribution >= 0.6 is 0 Å². The maximum Gasteiger partial charge on any atom is 0.225 e. The van der Waals surface area contributed by atoms with E-state index >= 15 is 0 Å². The number of nitrogens with zero attached hydrogens (tertiary/aromatic N) is 1. The number of hydrogen-bond donors (Lipinski definition) is 1. The van der Waals surface area contributed by atoms with Gasteiger partial charge in [-0.05, 0) is 31.2 Å². The topological polar surface area (TPSA) is 46.3 Å². The Hall–Kier alpha value is -0.570. The lowest BCUT2D eigenvalue weighted by Gasteiger charge is -2.34. The number of rotatable bonds is 6. The monoisotopic (exact) mass is 268 g/mol. The standard InChI is InChI=1S/C16H32N2O/c1-4-11-18(13-16(2,3)12-17)15(19)14-9-7-5-6-8-10-14/h14H,4-13,17H2,1-3H3. The van der Waals surface area contributed by atoms with Gasteiger partial charge in [0.15, 0.2) is 0 Å². The summed E-state index contributed by atoms with van der Waals surface area (Å²) in [5.41, 5.74) is 5.84. The SMILES string of the molecule is CCCN(CC(C)(C)CN)C(=O)C1CCCCCC1. The van der Waals surface area contributed by atoms with Crippen LogP contribution in [0.5, 0.6) is 0 Å². The van der Waals surface area contributed by atoms with E-state index in [2.05, 4.69) is 25.7 Å². The molecule has 2 N–H and O–H groups in total. The van der Waals surface area contributed by atoms with Crippen molar-refractivity contribution in [2.75, 3.05) is 19.6 Å². The molecule has 0 aromatic carbocycles. The highest BCUT2D eigenvalue weighted by molar-refractivity contribution is 5.78. The van der Waals surface area contributed by atoms with E-state index in [9.17, 15) is 4.79 Å². The van der Waals surface area contributed by atoms with Crippen LogP contribution < -0.4 is 5.73 Å². The van der Waals surface area contributed by atoms with Crippen LogP contribution in [0, 0.1) is 11.3 Å². The Morgan fingerprint density at radius 1 is 1.21 bits per heavy atom. The first-order valence-electron chi connectivity index (χ1n) is 7.99. The molecule has 0 radical (unpaired) electrons. The van der Waals surface area contributed by atoms with Gasteiger partial charge in [0.05, 0.1) is 0 Å². The summed E-state index contributed by atoms with van der Waals surface area (Å²) in [5.74, 6) is 0.646. The predicted molar refractivity (Wildman–Crippen MR) is 80.9 cm³/mol. The number of carbonyl (C=O) groups is 1. The third kappa shape index (κ3) is 5.52. The van der Waals surface area contributed by atoms with Gasteiger partial charge in [-0.3, -0.25) is 4.79 Å². The quantitative estimate of drug-likeness (QED) is 0.752. The average molecular weight is 268 g/mol. The van der Waals surface area contributed by atoms with Crippen LogP contribution in [0.25, 0.3) is 0 Å². The fraction of sp³-hybridized carbons (Fsp3) is 0.938. The van der Waals surface area contributed by atoms with Gasteiger partial charge in [-0.1, -0.05) is 46.5 Å². The minimum absolute atomic E-state index is 0.0234. The third-order valence-electron chi connectivity index (χ3n) is 4.18. The molecule has 3 nitrogen and oxygen atoms in total. The van der Waals surface area contributed by atoms with Gasteiger partial charge >= 0.3 is 0 Å². The maximum atomic E-state index is 12.7. The summed E-state index contributed by atoms with van der Waals surface area (Å²) in [6, 6.07) is 0. The molecule has 0 saturated heterocycles. The molecule has 0 aliphatic heterocycles. The number of carbonyl (C=O) groups excluding carboxylic acids is 1. The molecule has 0 atom stereocenters. The van der Waals surface area contributed by atoms with Crippen molar-refractivity contribution in [3.63, 3.8) is 0 Å². The number of amides is 1. The zero-order chi connectivity index (χ0) is 14.3. The van der Waals surface area contributed by atoms with E-state index in [0.717, 1.165) is 32.4 Å². The van der Waals surface area contributed by atoms with Crippen LogP contribution in [-0.4, -0.2) is 30.4 Å². The van der Waals surface area contributed by atoms with E-state index < -0.39 is 0 Å². The highest BCUT2D eigenvalue weighted by Gasteiger charge is 2.28. The minimum Gasteiger partial charge on any atom is -0.342 e.